The van der Waals surface area contributed by atoms with Crippen molar-refractivity contribution in [2.45, 2.75) is 23.3 Å². The molecular weight excluding hydrogens is 546 g/mol. The SMILES string of the molecule is CC(=O)N1CCN(C(=O)c2cccc(CSc3cnc(NC(=O)c4ccc(N5CCCNCC5)nc4)s3)c2)CC1. The summed E-state index contributed by atoms with van der Waals surface area (Å²) in [6.07, 6.45) is 4.44. The number of carbonyl (C=O) groups is 3. The van der Waals surface area contributed by atoms with Gasteiger partial charge in [0.25, 0.3) is 11.8 Å². The summed E-state index contributed by atoms with van der Waals surface area (Å²) < 4.78 is 0.968. The number of aromatic nitrogens is 2. The molecule has 2 fully saturated rings. The minimum absolute atomic E-state index is 0.0104. The Balaban J connectivity index is 1.12. The van der Waals surface area contributed by atoms with Crippen LogP contribution in [0.1, 0.15) is 39.6 Å². The Morgan fingerprint density at radius 2 is 1.77 bits per heavy atom. The van der Waals surface area contributed by atoms with E-state index in [0.717, 1.165) is 48.2 Å². The average Bonchev–Trinajstić information content (AvgIpc) is 3.25. The maximum absolute atomic E-state index is 13.0. The summed E-state index contributed by atoms with van der Waals surface area (Å²) in [4.78, 5) is 52.0. The van der Waals surface area contributed by atoms with Crippen molar-refractivity contribution in [2.75, 3.05) is 62.6 Å². The Morgan fingerprint density at radius 1 is 0.950 bits per heavy atom. The van der Waals surface area contributed by atoms with Crippen LogP contribution < -0.4 is 15.5 Å². The fraction of sp³-hybridized carbons (Fsp3) is 0.393. The number of hydrogen-bond donors (Lipinski definition) is 2. The molecule has 2 saturated heterocycles. The van der Waals surface area contributed by atoms with Crippen LogP contribution in [0.3, 0.4) is 0 Å². The van der Waals surface area contributed by atoms with Gasteiger partial charge in [-0.3, -0.25) is 19.7 Å². The van der Waals surface area contributed by atoms with Crippen LogP contribution in [0.25, 0.3) is 0 Å². The first-order chi connectivity index (χ1) is 19.5. The quantitative estimate of drug-likeness (QED) is 0.411. The first-order valence-electron chi connectivity index (χ1n) is 13.4. The highest BCUT2D eigenvalue weighted by molar-refractivity contribution is 8.00. The van der Waals surface area contributed by atoms with Crippen LogP contribution in [0.4, 0.5) is 10.9 Å². The molecule has 2 aliphatic rings. The van der Waals surface area contributed by atoms with E-state index in [4.69, 9.17) is 0 Å². The summed E-state index contributed by atoms with van der Waals surface area (Å²) in [7, 11) is 0. The third-order valence-electron chi connectivity index (χ3n) is 6.95. The molecule has 5 rings (SSSR count). The van der Waals surface area contributed by atoms with E-state index in [-0.39, 0.29) is 17.7 Å². The number of benzene rings is 1. The lowest BCUT2D eigenvalue weighted by molar-refractivity contribution is -0.130. The van der Waals surface area contributed by atoms with Gasteiger partial charge in [0.15, 0.2) is 5.13 Å². The second-order valence-corrected chi connectivity index (χ2v) is 12.0. The highest BCUT2D eigenvalue weighted by Crippen LogP contribution is 2.31. The van der Waals surface area contributed by atoms with Gasteiger partial charge in [0, 0.05) is 70.3 Å². The second-order valence-electron chi connectivity index (χ2n) is 9.72. The van der Waals surface area contributed by atoms with Gasteiger partial charge in [0.05, 0.1) is 16.0 Å². The van der Waals surface area contributed by atoms with Crippen LogP contribution in [0.2, 0.25) is 0 Å². The summed E-state index contributed by atoms with van der Waals surface area (Å²) in [6.45, 7) is 7.58. The molecule has 0 saturated carbocycles. The van der Waals surface area contributed by atoms with Gasteiger partial charge in [-0.15, -0.1) is 11.8 Å². The number of nitrogens with one attached hydrogen (secondary N) is 2. The van der Waals surface area contributed by atoms with E-state index in [1.807, 2.05) is 30.3 Å². The van der Waals surface area contributed by atoms with E-state index in [1.54, 1.807) is 46.9 Å². The largest absolute Gasteiger partial charge is 0.355 e. The van der Waals surface area contributed by atoms with E-state index < -0.39 is 0 Å². The zero-order valence-corrected chi connectivity index (χ0v) is 24.1. The Hall–Kier alpha value is -3.48. The number of thiazole rings is 1. The predicted octanol–water partition coefficient (Wildman–Crippen LogP) is 3.19. The molecule has 3 amide bonds. The molecule has 0 radical (unpaired) electrons. The zero-order valence-electron chi connectivity index (χ0n) is 22.5. The number of thioether (sulfide) groups is 1. The molecule has 2 N–H and O–H groups in total. The van der Waals surface area contributed by atoms with E-state index in [1.165, 1.54) is 11.3 Å². The highest BCUT2D eigenvalue weighted by atomic mass is 32.2. The Kier molecular flexibility index (Phi) is 9.30. The molecule has 2 aromatic heterocycles. The summed E-state index contributed by atoms with van der Waals surface area (Å²) in [5.41, 5.74) is 2.17. The van der Waals surface area contributed by atoms with E-state index in [9.17, 15) is 14.4 Å². The minimum atomic E-state index is -0.238. The lowest BCUT2D eigenvalue weighted by Gasteiger charge is -2.34. The van der Waals surface area contributed by atoms with Gasteiger partial charge in [-0.2, -0.15) is 0 Å². The molecule has 1 aromatic carbocycles. The summed E-state index contributed by atoms with van der Waals surface area (Å²) in [6, 6.07) is 11.4. The van der Waals surface area contributed by atoms with Crippen LogP contribution in [-0.4, -0.2) is 89.8 Å². The van der Waals surface area contributed by atoms with Crippen molar-refractivity contribution in [1.82, 2.24) is 25.1 Å². The second kappa shape index (κ2) is 13.2. The number of rotatable bonds is 7. The summed E-state index contributed by atoms with van der Waals surface area (Å²) in [5, 5.41) is 6.79. The Bertz CT molecular complexity index is 1330. The normalized spacial score (nSPS) is 16.0. The van der Waals surface area contributed by atoms with Gasteiger partial charge in [0.1, 0.15) is 5.82 Å². The maximum atomic E-state index is 13.0. The first kappa shape index (κ1) is 28.1. The van der Waals surface area contributed by atoms with Gasteiger partial charge in [0.2, 0.25) is 5.91 Å². The predicted molar refractivity (Wildman–Crippen MR) is 158 cm³/mol. The topological polar surface area (TPSA) is 111 Å². The van der Waals surface area contributed by atoms with Crippen LogP contribution in [0.5, 0.6) is 0 Å². The molecule has 0 spiro atoms. The van der Waals surface area contributed by atoms with Crippen LogP contribution in [0, 0.1) is 0 Å². The first-order valence-corrected chi connectivity index (χ1v) is 15.2. The molecule has 4 heterocycles. The number of pyridine rings is 1. The summed E-state index contributed by atoms with van der Waals surface area (Å²) in [5.74, 6) is 1.35. The Labute approximate surface area is 242 Å². The van der Waals surface area contributed by atoms with Crippen molar-refractivity contribution in [2.24, 2.45) is 0 Å². The van der Waals surface area contributed by atoms with E-state index in [2.05, 4.69) is 25.5 Å². The number of piperazine rings is 1. The molecule has 210 valence electrons. The third kappa shape index (κ3) is 7.18. The number of carbonyl (C=O) groups excluding carboxylic acids is 3. The maximum Gasteiger partial charge on any atom is 0.259 e. The molecule has 0 bridgehead atoms. The molecular formula is C28H33N7O3S2. The van der Waals surface area contributed by atoms with Crippen molar-refractivity contribution in [1.29, 1.82) is 0 Å². The monoisotopic (exact) mass is 579 g/mol. The van der Waals surface area contributed by atoms with Crippen molar-refractivity contribution in [3.63, 3.8) is 0 Å². The molecule has 40 heavy (non-hydrogen) atoms. The van der Waals surface area contributed by atoms with E-state index >= 15 is 0 Å². The van der Waals surface area contributed by atoms with E-state index in [0.29, 0.717) is 48.2 Å². The standard InChI is InChI=1S/C28H33N7O3S2/c1-20(36)33-12-14-35(15-13-33)27(38)22-5-2-4-21(16-22)19-39-25-18-31-28(40-25)32-26(37)23-6-7-24(30-17-23)34-10-3-8-29-9-11-34/h2,4-7,16-18,29H,3,8-15,19H2,1H3,(H,31,32,37). The fourth-order valence-electron chi connectivity index (χ4n) is 4.69. The molecule has 0 unspecified atom stereocenters. The number of hydrogen-bond acceptors (Lipinski definition) is 9. The highest BCUT2D eigenvalue weighted by Gasteiger charge is 2.23. The fourth-order valence-corrected chi connectivity index (χ4v) is 6.50. The average molecular weight is 580 g/mol. The molecule has 0 aliphatic carbocycles. The number of amides is 3. The lowest BCUT2D eigenvalue weighted by Crippen LogP contribution is -2.50. The summed E-state index contributed by atoms with van der Waals surface area (Å²) >= 11 is 3.02. The Morgan fingerprint density at radius 3 is 2.55 bits per heavy atom. The van der Waals surface area contributed by atoms with Crippen molar-refractivity contribution in [3.05, 3.63) is 65.5 Å². The lowest BCUT2D eigenvalue weighted by atomic mass is 10.1. The van der Waals surface area contributed by atoms with Gasteiger partial charge in [-0.1, -0.05) is 23.5 Å². The molecule has 3 aromatic rings. The number of anilines is 2. The van der Waals surface area contributed by atoms with Gasteiger partial charge < -0.3 is 20.0 Å². The third-order valence-corrected chi connectivity index (χ3v) is 9.12. The van der Waals surface area contributed by atoms with Crippen LogP contribution in [-0.2, 0) is 10.5 Å². The molecule has 0 atom stereocenters. The van der Waals surface area contributed by atoms with Gasteiger partial charge in [-0.25, -0.2) is 9.97 Å². The molecule has 2 aliphatic heterocycles. The van der Waals surface area contributed by atoms with Crippen molar-refractivity contribution >= 4 is 51.8 Å². The smallest absolute Gasteiger partial charge is 0.259 e. The molecule has 10 nitrogen and oxygen atoms in total. The zero-order chi connectivity index (χ0) is 27.9. The van der Waals surface area contributed by atoms with Crippen LogP contribution in [0.15, 0.2) is 53.0 Å². The van der Waals surface area contributed by atoms with Gasteiger partial charge in [-0.05, 0) is 42.8 Å². The van der Waals surface area contributed by atoms with Crippen LogP contribution >= 0.6 is 23.1 Å². The van der Waals surface area contributed by atoms with Crippen molar-refractivity contribution < 1.29 is 14.4 Å². The molecule has 12 heteroatoms. The minimum Gasteiger partial charge on any atom is -0.355 e. The number of nitrogens with zero attached hydrogens (tertiary/aromatic N) is 5. The van der Waals surface area contributed by atoms with Gasteiger partial charge >= 0.3 is 0 Å². The van der Waals surface area contributed by atoms with Crippen molar-refractivity contribution in [3.8, 4) is 0 Å².